The van der Waals surface area contributed by atoms with Crippen molar-refractivity contribution in [3.63, 3.8) is 0 Å². The topological polar surface area (TPSA) is 34.2 Å². The highest BCUT2D eigenvalue weighted by atomic mass is 16.5. The fourth-order valence-corrected chi connectivity index (χ4v) is 4.81. The molecule has 0 aliphatic carbocycles. The van der Waals surface area contributed by atoms with Crippen molar-refractivity contribution in [2.24, 2.45) is 5.92 Å². The molecule has 0 aromatic heterocycles. The third-order valence-electron chi connectivity index (χ3n) is 6.25. The minimum Gasteiger partial charge on any atom is -0.497 e. The number of nitrogens with zero attached hydrogens (tertiary/aromatic N) is 2. The van der Waals surface area contributed by atoms with Crippen LogP contribution in [0.2, 0.25) is 0 Å². The highest BCUT2D eigenvalue weighted by molar-refractivity contribution is 5.32. The zero-order valence-electron chi connectivity index (χ0n) is 15.9. The van der Waals surface area contributed by atoms with Crippen LogP contribution in [0, 0.1) is 5.92 Å². The van der Waals surface area contributed by atoms with E-state index < -0.39 is 0 Å². The van der Waals surface area contributed by atoms with Crippen molar-refractivity contribution in [3.8, 4) is 11.5 Å². The third-order valence-corrected chi connectivity index (χ3v) is 6.25. The van der Waals surface area contributed by atoms with Gasteiger partial charge in [-0.25, -0.2) is 0 Å². The van der Waals surface area contributed by atoms with Gasteiger partial charge in [0, 0.05) is 57.5 Å². The number of piperidine rings is 1. The summed E-state index contributed by atoms with van der Waals surface area (Å²) in [5, 5.41) is 0. The molecule has 0 radical (unpaired) electrons. The molecule has 0 spiro atoms. The lowest BCUT2D eigenvalue weighted by molar-refractivity contribution is 0.0306. The van der Waals surface area contributed by atoms with E-state index in [0.29, 0.717) is 6.04 Å². The maximum absolute atomic E-state index is 5.99. The number of benzene rings is 1. The summed E-state index contributed by atoms with van der Waals surface area (Å²) >= 11 is 0. The molecule has 5 nitrogen and oxygen atoms in total. The van der Waals surface area contributed by atoms with Crippen LogP contribution >= 0.6 is 0 Å². The summed E-state index contributed by atoms with van der Waals surface area (Å²) in [5.74, 6) is 2.56. The van der Waals surface area contributed by atoms with E-state index in [1.807, 2.05) is 24.3 Å². The number of methoxy groups -OCH3 is 1. The van der Waals surface area contributed by atoms with Gasteiger partial charge in [0.05, 0.1) is 7.11 Å². The van der Waals surface area contributed by atoms with E-state index in [1.165, 1.54) is 45.3 Å². The van der Waals surface area contributed by atoms with E-state index in [2.05, 4.69) is 9.80 Å². The molecule has 26 heavy (non-hydrogen) atoms. The second kappa shape index (κ2) is 8.59. The fourth-order valence-electron chi connectivity index (χ4n) is 4.81. The van der Waals surface area contributed by atoms with Gasteiger partial charge < -0.3 is 14.2 Å². The molecule has 0 saturated carbocycles. The van der Waals surface area contributed by atoms with Crippen LogP contribution in [-0.4, -0.2) is 75.0 Å². The monoisotopic (exact) mass is 360 g/mol. The molecule has 4 aliphatic rings. The van der Waals surface area contributed by atoms with E-state index in [0.717, 1.165) is 49.8 Å². The van der Waals surface area contributed by atoms with Crippen molar-refractivity contribution < 1.29 is 14.2 Å². The van der Waals surface area contributed by atoms with Crippen LogP contribution in [0.25, 0.3) is 0 Å². The second-order valence-corrected chi connectivity index (χ2v) is 7.92. The number of rotatable bonds is 6. The predicted octanol–water partition coefficient (Wildman–Crippen LogP) is 2.65. The quantitative estimate of drug-likeness (QED) is 0.779. The van der Waals surface area contributed by atoms with Gasteiger partial charge in [-0.3, -0.25) is 9.80 Å². The molecule has 4 aliphatic heterocycles. The molecule has 5 rings (SSSR count). The first kappa shape index (κ1) is 18.1. The zero-order valence-corrected chi connectivity index (χ0v) is 15.9. The van der Waals surface area contributed by atoms with E-state index in [-0.39, 0.29) is 0 Å². The molecular formula is C21H32N2O3. The summed E-state index contributed by atoms with van der Waals surface area (Å²) in [6.07, 6.45) is 5.14. The predicted molar refractivity (Wildman–Crippen MR) is 102 cm³/mol. The van der Waals surface area contributed by atoms with Gasteiger partial charge in [-0.2, -0.15) is 0 Å². The van der Waals surface area contributed by atoms with E-state index in [1.54, 1.807) is 7.11 Å². The molecule has 1 aromatic rings. The minimum absolute atomic E-state index is 0.686. The smallest absolute Gasteiger partial charge is 0.123 e. The second-order valence-electron chi connectivity index (χ2n) is 7.92. The SMILES string of the molecule is COc1cccc(OCCN2C[C@H]3CC[C@@H]2CN(C2CCOCC2)C3)c1. The standard InChI is InChI=1S/C21H32N2O3/c1-24-20-3-2-4-21(13-20)26-12-9-22-14-17-5-6-19(22)16-23(15-17)18-7-10-25-11-8-18/h2-4,13,17-19H,5-12,14-16H2,1H3/t17-,19-/m1/s1. The molecule has 5 heteroatoms. The van der Waals surface area contributed by atoms with Gasteiger partial charge in [0.25, 0.3) is 0 Å². The molecule has 1 aromatic carbocycles. The van der Waals surface area contributed by atoms with Gasteiger partial charge in [-0.05, 0) is 43.7 Å². The Bertz CT molecular complexity index is 576. The zero-order chi connectivity index (χ0) is 17.8. The van der Waals surface area contributed by atoms with Crippen molar-refractivity contribution in [2.45, 2.75) is 37.8 Å². The van der Waals surface area contributed by atoms with Gasteiger partial charge in [-0.15, -0.1) is 0 Å². The van der Waals surface area contributed by atoms with Gasteiger partial charge in [-0.1, -0.05) is 6.07 Å². The van der Waals surface area contributed by atoms with Crippen LogP contribution < -0.4 is 9.47 Å². The first-order chi connectivity index (χ1) is 12.8. The van der Waals surface area contributed by atoms with E-state index in [9.17, 15) is 0 Å². The Morgan fingerprint density at radius 3 is 2.69 bits per heavy atom. The number of fused-ring (bicyclic) bond motifs is 4. The summed E-state index contributed by atoms with van der Waals surface area (Å²) in [6.45, 7) is 7.36. The van der Waals surface area contributed by atoms with E-state index in [4.69, 9.17) is 14.2 Å². The van der Waals surface area contributed by atoms with Crippen molar-refractivity contribution in [1.29, 1.82) is 0 Å². The lowest BCUT2D eigenvalue weighted by atomic mass is 9.95. The Labute approximate surface area is 157 Å². The first-order valence-electron chi connectivity index (χ1n) is 10.1. The maximum Gasteiger partial charge on any atom is 0.123 e. The van der Waals surface area contributed by atoms with Crippen LogP contribution in [0.15, 0.2) is 24.3 Å². The van der Waals surface area contributed by atoms with Crippen LogP contribution in [0.5, 0.6) is 11.5 Å². The highest BCUT2D eigenvalue weighted by Crippen LogP contribution is 2.30. The third kappa shape index (κ3) is 4.33. The molecule has 4 heterocycles. The number of hydrogen-bond donors (Lipinski definition) is 0. The van der Waals surface area contributed by atoms with Crippen LogP contribution in [0.4, 0.5) is 0 Å². The maximum atomic E-state index is 5.99. The van der Waals surface area contributed by atoms with E-state index >= 15 is 0 Å². The first-order valence-corrected chi connectivity index (χ1v) is 10.1. The molecule has 4 fully saturated rings. The summed E-state index contributed by atoms with van der Waals surface area (Å²) in [6, 6.07) is 9.32. The molecular weight excluding hydrogens is 328 g/mol. The molecule has 2 bridgehead atoms. The summed E-state index contributed by atoms with van der Waals surface area (Å²) in [4.78, 5) is 5.45. The summed E-state index contributed by atoms with van der Waals surface area (Å²) < 4.78 is 16.8. The Kier molecular flexibility index (Phi) is 5.98. The Balaban J connectivity index is 1.30. The minimum atomic E-state index is 0.686. The molecule has 0 unspecified atom stereocenters. The van der Waals surface area contributed by atoms with Crippen molar-refractivity contribution in [3.05, 3.63) is 24.3 Å². The van der Waals surface area contributed by atoms with Crippen molar-refractivity contribution >= 4 is 0 Å². The molecule has 4 saturated heterocycles. The molecule has 144 valence electrons. The Hall–Kier alpha value is -1.30. The van der Waals surface area contributed by atoms with Gasteiger partial charge >= 0.3 is 0 Å². The highest BCUT2D eigenvalue weighted by Gasteiger charge is 2.37. The largest absolute Gasteiger partial charge is 0.497 e. The Morgan fingerprint density at radius 2 is 1.85 bits per heavy atom. The molecule has 0 N–H and O–H groups in total. The fraction of sp³-hybridized carbons (Fsp3) is 0.714. The van der Waals surface area contributed by atoms with Crippen molar-refractivity contribution in [1.82, 2.24) is 9.80 Å². The normalized spacial score (nSPS) is 28.0. The van der Waals surface area contributed by atoms with Crippen LogP contribution in [0.3, 0.4) is 0 Å². The lowest BCUT2D eigenvalue weighted by Gasteiger charge is -2.37. The van der Waals surface area contributed by atoms with Gasteiger partial charge in [0.2, 0.25) is 0 Å². The number of ether oxygens (including phenoxy) is 3. The summed E-state index contributed by atoms with van der Waals surface area (Å²) in [5.41, 5.74) is 0. The Morgan fingerprint density at radius 1 is 1.00 bits per heavy atom. The van der Waals surface area contributed by atoms with Crippen molar-refractivity contribution in [2.75, 3.05) is 53.1 Å². The average Bonchev–Trinajstić information content (AvgIpc) is 3.01. The lowest BCUT2D eigenvalue weighted by Crippen LogP contribution is -2.47. The summed E-state index contributed by atoms with van der Waals surface area (Å²) in [7, 11) is 1.69. The van der Waals surface area contributed by atoms with Gasteiger partial charge in [0.1, 0.15) is 18.1 Å². The van der Waals surface area contributed by atoms with Gasteiger partial charge in [0.15, 0.2) is 0 Å². The number of hydrogen-bond acceptors (Lipinski definition) is 5. The van der Waals surface area contributed by atoms with Crippen LogP contribution in [0.1, 0.15) is 25.7 Å². The average molecular weight is 360 g/mol. The molecule has 2 atom stereocenters. The molecule has 0 amide bonds. The van der Waals surface area contributed by atoms with Crippen LogP contribution in [-0.2, 0) is 4.74 Å².